The average molecular weight is 339 g/mol. The van der Waals surface area contributed by atoms with Crippen molar-refractivity contribution in [3.63, 3.8) is 0 Å². The molecule has 0 radical (unpaired) electrons. The molecule has 1 aliphatic heterocycles. The molecule has 1 N–H and O–H groups in total. The smallest absolute Gasteiger partial charge is 0.341 e. The minimum absolute atomic E-state index is 0.227. The second-order valence-corrected chi connectivity index (χ2v) is 8.17. The summed E-state index contributed by atoms with van der Waals surface area (Å²) >= 11 is 0. The van der Waals surface area contributed by atoms with Gasteiger partial charge in [-0.05, 0) is 61.8 Å². The van der Waals surface area contributed by atoms with Gasteiger partial charge in [0.2, 0.25) is 10.0 Å². The molecule has 0 amide bonds. The van der Waals surface area contributed by atoms with E-state index in [1.54, 1.807) is 4.31 Å². The third kappa shape index (κ3) is 3.84. The normalized spacial score (nSPS) is 20.3. The van der Waals surface area contributed by atoms with Crippen LogP contribution >= 0.6 is 0 Å². The Hall–Kier alpha value is -1.60. The van der Waals surface area contributed by atoms with E-state index in [9.17, 15) is 13.2 Å². The molecular formula is C16H21NO5S. The van der Waals surface area contributed by atoms with Crippen molar-refractivity contribution in [1.82, 2.24) is 4.31 Å². The van der Waals surface area contributed by atoms with Gasteiger partial charge in [0.05, 0.1) is 4.90 Å². The van der Waals surface area contributed by atoms with Gasteiger partial charge < -0.3 is 9.84 Å². The maximum Gasteiger partial charge on any atom is 0.341 e. The molecule has 1 aromatic rings. The van der Waals surface area contributed by atoms with Gasteiger partial charge >= 0.3 is 5.97 Å². The van der Waals surface area contributed by atoms with Gasteiger partial charge in [-0.15, -0.1) is 0 Å². The van der Waals surface area contributed by atoms with E-state index in [2.05, 4.69) is 0 Å². The molecule has 0 aromatic heterocycles. The van der Waals surface area contributed by atoms with Crippen LogP contribution in [0.4, 0.5) is 0 Å². The van der Waals surface area contributed by atoms with Gasteiger partial charge in [0.15, 0.2) is 6.61 Å². The number of piperidine rings is 1. The van der Waals surface area contributed by atoms with Crippen molar-refractivity contribution < 1.29 is 23.1 Å². The highest BCUT2D eigenvalue weighted by Crippen LogP contribution is 2.42. The van der Waals surface area contributed by atoms with Crippen molar-refractivity contribution in [2.24, 2.45) is 11.8 Å². The number of rotatable bonds is 6. The molecule has 3 rings (SSSR count). The van der Waals surface area contributed by atoms with E-state index in [1.807, 2.05) is 0 Å². The van der Waals surface area contributed by atoms with Crippen molar-refractivity contribution >= 4 is 16.0 Å². The van der Waals surface area contributed by atoms with E-state index in [4.69, 9.17) is 9.84 Å². The van der Waals surface area contributed by atoms with Gasteiger partial charge in [0.1, 0.15) is 5.75 Å². The van der Waals surface area contributed by atoms with Crippen molar-refractivity contribution in [3.05, 3.63) is 24.3 Å². The summed E-state index contributed by atoms with van der Waals surface area (Å²) in [6.07, 6.45) is 4.50. The first-order valence-electron chi connectivity index (χ1n) is 7.91. The van der Waals surface area contributed by atoms with Crippen molar-refractivity contribution in [3.8, 4) is 5.75 Å². The lowest BCUT2D eigenvalue weighted by atomic mass is 9.93. The first-order chi connectivity index (χ1) is 11.0. The molecule has 7 heteroatoms. The van der Waals surface area contributed by atoms with Crippen LogP contribution < -0.4 is 4.74 Å². The van der Waals surface area contributed by atoms with Crippen LogP contribution in [0.3, 0.4) is 0 Å². The topological polar surface area (TPSA) is 83.9 Å². The maximum atomic E-state index is 12.6. The number of carbonyl (C=O) groups is 1. The number of ether oxygens (including phenoxy) is 1. The standard InChI is InChI=1S/C16H21NO5S/c18-16(19)11-22-14-3-5-15(6-4-14)23(20,21)17-9-7-13(8-10-17)12-1-2-12/h3-6,12-13H,1-2,7-11H2,(H,18,19). The van der Waals surface area contributed by atoms with Crippen LogP contribution in [-0.2, 0) is 14.8 Å². The molecule has 23 heavy (non-hydrogen) atoms. The van der Waals surface area contributed by atoms with Gasteiger partial charge in [-0.25, -0.2) is 13.2 Å². The first-order valence-corrected chi connectivity index (χ1v) is 9.35. The van der Waals surface area contributed by atoms with E-state index >= 15 is 0 Å². The second kappa shape index (κ2) is 6.49. The number of carboxylic acid groups (broad SMARTS) is 1. The van der Waals surface area contributed by atoms with E-state index < -0.39 is 22.6 Å². The highest BCUT2D eigenvalue weighted by Gasteiger charge is 2.36. The van der Waals surface area contributed by atoms with Crippen molar-refractivity contribution in [2.75, 3.05) is 19.7 Å². The SMILES string of the molecule is O=C(O)COc1ccc(S(=O)(=O)N2CCC(C3CC3)CC2)cc1. The van der Waals surface area contributed by atoms with Crippen LogP contribution in [0.5, 0.6) is 5.75 Å². The lowest BCUT2D eigenvalue weighted by Crippen LogP contribution is -2.38. The van der Waals surface area contributed by atoms with Crippen molar-refractivity contribution in [2.45, 2.75) is 30.6 Å². The molecule has 1 saturated carbocycles. The fourth-order valence-electron chi connectivity index (χ4n) is 3.16. The summed E-state index contributed by atoms with van der Waals surface area (Å²) in [7, 11) is -3.48. The molecule has 1 aliphatic carbocycles. The van der Waals surface area contributed by atoms with Gasteiger partial charge in [0, 0.05) is 13.1 Å². The average Bonchev–Trinajstić information content (AvgIpc) is 3.38. The van der Waals surface area contributed by atoms with E-state index in [0.29, 0.717) is 24.8 Å². The van der Waals surface area contributed by atoms with E-state index in [-0.39, 0.29) is 4.90 Å². The summed E-state index contributed by atoms with van der Waals surface area (Å²) in [4.78, 5) is 10.7. The van der Waals surface area contributed by atoms with Crippen LogP contribution in [-0.4, -0.2) is 43.5 Å². The Kier molecular flexibility index (Phi) is 4.59. The summed E-state index contributed by atoms with van der Waals surface area (Å²) in [5, 5.41) is 8.57. The quantitative estimate of drug-likeness (QED) is 0.856. The predicted molar refractivity (Wildman–Crippen MR) is 83.8 cm³/mol. The minimum atomic E-state index is -3.48. The lowest BCUT2D eigenvalue weighted by molar-refractivity contribution is -0.139. The zero-order valence-corrected chi connectivity index (χ0v) is 13.7. The number of nitrogens with zero attached hydrogens (tertiary/aromatic N) is 1. The zero-order valence-electron chi connectivity index (χ0n) is 12.8. The fourth-order valence-corrected chi connectivity index (χ4v) is 4.63. The molecule has 1 saturated heterocycles. The molecule has 2 aliphatic rings. The summed E-state index contributed by atoms with van der Waals surface area (Å²) in [6.45, 7) is 0.725. The molecular weight excluding hydrogens is 318 g/mol. The van der Waals surface area contributed by atoms with Gasteiger partial charge in [-0.3, -0.25) is 0 Å². The van der Waals surface area contributed by atoms with Gasteiger partial charge in [-0.1, -0.05) is 0 Å². The predicted octanol–water partition coefficient (Wildman–Crippen LogP) is 1.96. The molecule has 0 unspecified atom stereocenters. The maximum absolute atomic E-state index is 12.6. The number of hydrogen-bond acceptors (Lipinski definition) is 4. The Morgan fingerprint density at radius 2 is 1.65 bits per heavy atom. The fraction of sp³-hybridized carbons (Fsp3) is 0.562. The third-order valence-corrected chi connectivity index (χ3v) is 6.52. The molecule has 0 atom stereocenters. The molecule has 1 aromatic carbocycles. The Labute approximate surface area is 136 Å². The van der Waals surface area contributed by atoms with Crippen LogP contribution in [0.2, 0.25) is 0 Å². The third-order valence-electron chi connectivity index (χ3n) is 4.61. The zero-order chi connectivity index (χ0) is 16.4. The molecule has 2 fully saturated rings. The second-order valence-electron chi connectivity index (χ2n) is 6.23. The highest BCUT2D eigenvalue weighted by molar-refractivity contribution is 7.89. The van der Waals surface area contributed by atoms with E-state index in [0.717, 1.165) is 18.8 Å². The Morgan fingerprint density at radius 1 is 1.09 bits per heavy atom. The summed E-state index contributed by atoms with van der Waals surface area (Å²) in [5.41, 5.74) is 0. The Balaban J connectivity index is 1.63. The highest BCUT2D eigenvalue weighted by atomic mass is 32.2. The molecule has 1 heterocycles. The number of sulfonamides is 1. The minimum Gasteiger partial charge on any atom is -0.482 e. The number of aliphatic carboxylic acids is 1. The van der Waals surface area contributed by atoms with E-state index in [1.165, 1.54) is 37.1 Å². The summed E-state index contributed by atoms with van der Waals surface area (Å²) in [5.74, 6) is 0.790. The number of hydrogen-bond donors (Lipinski definition) is 1. The van der Waals surface area contributed by atoms with Gasteiger partial charge in [0.25, 0.3) is 0 Å². The Bertz CT molecular complexity index is 658. The largest absolute Gasteiger partial charge is 0.482 e. The van der Waals surface area contributed by atoms with Crippen LogP contribution in [0.15, 0.2) is 29.2 Å². The number of benzene rings is 1. The van der Waals surface area contributed by atoms with Crippen LogP contribution in [0, 0.1) is 11.8 Å². The van der Waals surface area contributed by atoms with Crippen LogP contribution in [0.1, 0.15) is 25.7 Å². The Morgan fingerprint density at radius 3 is 2.17 bits per heavy atom. The molecule has 6 nitrogen and oxygen atoms in total. The molecule has 0 bridgehead atoms. The lowest BCUT2D eigenvalue weighted by Gasteiger charge is -2.31. The van der Waals surface area contributed by atoms with Gasteiger partial charge in [-0.2, -0.15) is 4.31 Å². The van der Waals surface area contributed by atoms with Crippen molar-refractivity contribution in [1.29, 1.82) is 0 Å². The molecule has 126 valence electrons. The molecule has 0 spiro atoms. The summed E-state index contributed by atoms with van der Waals surface area (Å²) in [6, 6.07) is 5.93. The van der Waals surface area contributed by atoms with Crippen LogP contribution in [0.25, 0.3) is 0 Å². The monoisotopic (exact) mass is 339 g/mol. The number of carboxylic acids is 1. The summed E-state index contributed by atoms with van der Waals surface area (Å²) < 4.78 is 31.9. The first kappa shape index (κ1) is 16.3.